The number of hydrogen-bond donors (Lipinski definition) is 2. The zero-order valence-corrected chi connectivity index (χ0v) is 28.2. The molecule has 0 bridgehead atoms. The van der Waals surface area contributed by atoms with Crippen LogP contribution in [0.4, 0.5) is 0 Å². The second kappa shape index (κ2) is 12.1. The lowest BCUT2D eigenvalue weighted by Gasteiger charge is -2.24. The van der Waals surface area contributed by atoms with Crippen LogP contribution < -0.4 is 15.9 Å². The highest BCUT2D eigenvalue weighted by molar-refractivity contribution is 9.11. The highest BCUT2D eigenvalue weighted by Gasteiger charge is 2.33. The largest absolute Gasteiger partial charge is 0.494 e. The van der Waals surface area contributed by atoms with Gasteiger partial charge in [0.15, 0.2) is 9.54 Å². The van der Waals surface area contributed by atoms with Crippen LogP contribution in [0.15, 0.2) is 48.9 Å². The fourth-order valence-corrected chi connectivity index (χ4v) is 6.63. The molecule has 4 aromatic rings. The molecule has 2 N–H and O–H groups in total. The van der Waals surface area contributed by atoms with Crippen molar-refractivity contribution in [2.75, 3.05) is 0 Å². The molecular weight excluding hydrogens is 743 g/mol. The van der Waals surface area contributed by atoms with Crippen molar-refractivity contribution in [3.05, 3.63) is 102 Å². The molecule has 0 fully saturated rings. The van der Waals surface area contributed by atoms with Crippen molar-refractivity contribution in [1.29, 1.82) is 0 Å². The van der Waals surface area contributed by atoms with Gasteiger partial charge < -0.3 is 14.9 Å². The first kappa shape index (κ1) is 31.5. The number of aromatic hydroxyl groups is 2. The first-order valence-electron chi connectivity index (χ1n) is 11.7. The molecule has 0 spiro atoms. The number of halogens is 4. The maximum Gasteiger partial charge on any atom is 0.262 e. The summed E-state index contributed by atoms with van der Waals surface area (Å²) in [5.41, 5.74) is -0.567. The summed E-state index contributed by atoms with van der Waals surface area (Å²) >= 11 is 29.9. The molecule has 0 saturated heterocycles. The molecule has 0 atom stereocenters. The quantitative estimate of drug-likeness (QED) is 0.225. The summed E-state index contributed by atoms with van der Waals surface area (Å²) in [5.74, 6) is -1.76. The number of ether oxygens (including phenoxy) is 1. The minimum Gasteiger partial charge on any atom is -0.494 e. The van der Waals surface area contributed by atoms with Crippen LogP contribution in [0, 0.1) is 9.54 Å². The van der Waals surface area contributed by atoms with Gasteiger partial charge in [-0.2, -0.15) is 0 Å². The van der Waals surface area contributed by atoms with Gasteiger partial charge in [0.25, 0.3) is 11.1 Å². The van der Waals surface area contributed by atoms with Gasteiger partial charge in [-0.3, -0.25) is 27.9 Å². The van der Waals surface area contributed by atoms with E-state index in [0.717, 1.165) is 0 Å². The molecule has 9 nitrogen and oxygen atoms in total. The predicted octanol–water partition coefficient (Wildman–Crippen LogP) is 6.22. The Morgan fingerprint density at radius 1 is 0.829 bits per heavy atom. The van der Waals surface area contributed by atoms with Crippen LogP contribution in [0.25, 0.3) is 0 Å². The molecule has 0 saturated carbocycles. The van der Waals surface area contributed by atoms with Crippen molar-refractivity contribution in [2.24, 2.45) is 28.2 Å². The maximum absolute atomic E-state index is 13.6. The number of benzene rings is 2. The fourth-order valence-electron chi connectivity index (χ4n) is 4.37. The highest BCUT2D eigenvalue weighted by Crippen LogP contribution is 2.43. The molecule has 15 heteroatoms. The van der Waals surface area contributed by atoms with Crippen molar-refractivity contribution < 1.29 is 14.9 Å². The Balaban J connectivity index is 1.99. The molecule has 0 aliphatic heterocycles. The Morgan fingerprint density at radius 2 is 1.29 bits per heavy atom. The van der Waals surface area contributed by atoms with E-state index in [1.165, 1.54) is 46.5 Å². The summed E-state index contributed by atoms with van der Waals surface area (Å²) in [5, 5.41) is 23.3. The third-order valence-corrected chi connectivity index (χ3v) is 9.51. The van der Waals surface area contributed by atoms with Crippen molar-refractivity contribution in [1.82, 2.24) is 18.3 Å². The molecule has 0 radical (unpaired) electrons. The van der Waals surface area contributed by atoms with E-state index < -0.39 is 28.8 Å². The monoisotopic (exact) mass is 762 g/mol. The first-order chi connectivity index (χ1) is 19.2. The van der Waals surface area contributed by atoms with Crippen molar-refractivity contribution in [2.45, 2.75) is 12.5 Å². The zero-order chi connectivity index (χ0) is 30.5. The molecule has 0 unspecified atom stereocenters. The van der Waals surface area contributed by atoms with E-state index in [4.69, 9.17) is 52.4 Å². The lowest BCUT2D eigenvalue weighted by Crippen LogP contribution is -2.33. The van der Waals surface area contributed by atoms with E-state index in [2.05, 4.69) is 31.9 Å². The van der Waals surface area contributed by atoms with Gasteiger partial charge in [0, 0.05) is 43.8 Å². The second-order valence-electron chi connectivity index (χ2n) is 9.16. The van der Waals surface area contributed by atoms with Gasteiger partial charge in [-0.1, -0.05) is 29.3 Å². The van der Waals surface area contributed by atoms with E-state index in [0.29, 0.717) is 35.9 Å². The zero-order valence-electron chi connectivity index (χ0n) is 21.9. The summed E-state index contributed by atoms with van der Waals surface area (Å²) in [4.78, 5) is 27.2. The Bertz CT molecular complexity index is 1860. The van der Waals surface area contributed by atoms with E-state index in [-0.39, 0.29) is 27.3 Å². The average molecular weight is 765 g/mol. The Hall–Kier alpha value is -2.42. The Morgan fingerprint density at radius 3 is 1.73 bits per heavy atom. The van der Waals surface area contributed by atoms with Gasteiger partial charge in [-0.25, -0.2) is 0 Å². The molecule has 2 aromatic heterocycles. The molecule has 2 heterocycles. The fraction of sp³-hybridized carbons (Fsp3) is 0.231. The molecular formula is C26H22Br2Cl2N4O5S2. The van der Waals surface area contributed by atoms with Gasteiger partial charge in [0.05, 0.1) is 26.0 Å². The minimum atomic E-state index is -1.25. The molecule has 4 rings (SSSR count). The molecule has 41 heavy (non-hydrogen) atoms. The third-order valence-electron chi connectivity index (χ3n) is 6.65. The van der Waals surface area contributed by atoms with Crippen LogP contribution in [-0.2, 0) is 34.8 Å². The molecule has 0 aliphatic carbocycles. The van der Waals surface area contributed by atoms with E-state index >= 15 is 0 Å². The normalized spacial score (nSPS) is 11.3. The molecule has 0 aliphatic rings. The number of aromatic nitrogens is 4. The third kappa shape index (κ3) is 5.67. The first-order valence-corrected chi connectivity index (χ1v) is 14.9. The van der Waals surface area contributed by atoms with Crippen molar-refractivity contribution in [3.8, 4) is 17.5 Å². The van der Waals surface area contributed by atoms with E-state index in [1.54, 1.807) is 30.3 Å². The van der Waals surface area contributed by atoms with Gasteiger partial charge >= 0.3 is 0 Å². The topological polar surface area (TPSA) is 104 Å². The van der Waals surface area contributed by atoms with E-state index in [1.807, 2.05) is 0 Å². The van der Waals surface area contributed by atoms with Gasteiger partial charge in [-0.05, 0) is 86.1 Å². The Kier molecular flexibility index (Phi) is 9.27. The lowest BCUT2D eigenvalue weighted by atomic mass is 9.86. The minimum absolute atomic E-state index is 0.0607. The van der Waals surface area contributed by atoms with Crippen LogP contribution in [0.5, 0.6) is 17.5 Å². The van der Waals surface area contributed by atoms with Crippen LogP contribution in [0.2, 0.25) is 10.0 Å². The lowest BCUT2D eigenvalue weighted by molar-refractivity contribution is 0.302. The summed E-state index contributed by atoms with van der Waals surface area (Å²) in [6, 6.07) is 8.33. The summed E-state index contributed by atoms with van der Waals surface area (Å²) in [6.07, 6.45) is 0. The van der Waals surface area contributed by atoms with Gasteiger partial charge in [0.1, 0.15) is 12.4 Å². The molecule has 216 valence electrons. The number of nitrogens with zero attached hydrogens (tertiary/aromatic N) is 4. The standard InChI is InChI=1S/C26H22Br2Cl2N4O5S2/c1-31-21(35)18(22(36)32(2)25(31)40)17(19-23(37)33(3)26(41)34(4)24(19)38)12-7-14(27)20(15(28)8-12)39-10-11-5-6-13(29)9-16(11)30/h5-9,17,35,37H,10H2,1-4H3. The SMILES string of the molecule is Cn1c(O)c(C(c2cc(Br)c(OCc3ccc(Cl)cc3Cl)c(Br)c2)c2c(O)n(C)c(=S)n(C)c2=O)c(=O)n(C)c1=S. The molecule has 2 aromatic carbocycles. The molecule has 0 amide bonds. The average Bonchev–Trinajstić information content (AvgIpc) is 2.92. The van der Waals surface area contributed by atoms with Crippen LogP contribution >= 0.6 is 79.5 Å². The van der Waals surface area contributed by atoms with Crippen LogP contribution in [0.1, 0.15) is 28.2 Å². The second-order valence-corrected chi connectivity index (χ2v) is 12.4. The Labute approximate surface area is 271 Å². The smallest absolute Gasteiger partial charge is 0.262 e. The summed E-state index contributed by atoms with van der Waals surface area (Å²) < 4.78 is 11.9. The van der Waals surface area contributed by atoms with Crippen LogP contribution in [-0.4, -0.2) is 28.5 Å². The predicted molar refractivity (Wildman–Crippen MR) is 170 cm³/mol. The summed E-state index contributed by atoms with van der Waals surface area (Å²) in [7, 11) is 5.90. The van der Waals surface area contributed by atoms with Crippen molar-refractivity contribution in [3.63, 3.8) is 0 Å². The van der Waals surface area contributed by atoms with E-state index in [9.17, 15) is 19.8 Å². The van der Waals surface area contributed by atoms with Gasteiger partial charge in [-0.15, -0.1) is 0 Å². The maximum atomic E-state index is 13.6. The van der Waals surface area contributed by atoms with Crippen LogP contribution in [0.3, 0.4) is 0 Å². The highest BCUT2D eigenvalue weighted by atomic mass is 79.9. The number of hydrogen-bond acceptors (Lipinski definition) is 7. The van der Waals surface area contributed by atoms with Crippen molar-refractivity contribution >= 4 is 79.5 Å². The summed E-state index contributed by atoms with van der Waals surface area (Å²) in [6.45, 7) is 0.116. The number of rotatable bonds is 6. The van der Waals surface area contributed by atoms with Gasteiger partial charge in [0.2, 0.25) is 11.8 Å².